The number of nitrogens with zero attached hydrogens (tertiary/aromatic N) is 3. The van der Waals surface area contributed by atoms with Crippen LogP contribution in [0.15, 0.2) is 40.3 Å². The summed E-state index contributed by atoms with van der Waals surface area (Å²) in [5.74, 6) is 0.253. The Morgan fingerprint density at radius 1 is 1.30 bits per heavy atom. The molecule has 0 aliphatic heterocycles. The Kier molecular flexibility index (Phi) is 6.43. The molecule has 8 nitrogen and oxygen atoms in total. The van der Waals surface area contributed by atoms with E-state index in [2.05, 4.69) is 17.2 Å². The van der Waals surface area contributed by atoms with Gasteiger partial charge in [0.05, 0.1) is 16.6 Å². The Hall–Kier alpha value is -2.56. The number of anilines is 1. The number of rotatable bonds is 6. The van der Waals surface area contributed by atoms with Crippen LogP contribution in [-0.2, 0) is 27.7 Å². The fourth-order valence-electron chi connectivity index (χ4n) is 4.22. The van der Waals surface area contributed by atoms with E-state index in [4.69, 9.17) is 0 Å². The third-order valence-electron chi connectivity index (χ3n) is 6.17. The molecule has 1 aliphatic rings. The summed E-state index contributed by atoms with van der Waals surface area (Å²) in [6.45, 7) is 4.07. The van der Waals surface area contributed by atoms with Gasteiger partial charge in [0.25, 0.3) is 5.56 Å². The van der Waals surface area contributed by atoms with Crippen molar-refractivity contribution < 1.29 is 13.2 Å². The first-order chi connectivity index (χ1) is 15.6. The highest BCUT2D eigenvalue weighted by Crippen LogP contribution is 2.35. The molecule has 0 fully saturated rings. The molecule has 0 radical (unpaired) electrons. The number of thiophene rings is 1. The Balaban J connectivity index is 1.62. The van der Waals surface area contributed by atoms with Crippen LogP contribution in [0.1, 0.15) is 43.2 Å². The quantitative estimate of drug-likeness (QED) is 0.573. The van der Waals surface area contributed by atoms with E-state index < -0.39 is 16.1 Å². The van der Waals surface area contributed by atoms with E-state index in [0.29, 0.717) is 23.4 Å². The summed E-state index contributed by atoms with van der Waals surface area (Å²) in [5.41, 5.74) is 1.37. The summed E-state index contributed by atoms with van der Waals surface area (Å²) in [6.07, 6.45) is 4.76. The van der Waals surface area contributed by atoms with Gasteiger partial charge in [-0.1, -0.05) is 13.8 Å². The van der Waals surface area contributed by atoms with Gasteiger partial charge < -0.3 is 5.32 Å². The number of carbonyl (C=O) groups is 1. The Morgan fingerprint density at radius 3 is 2.64 bits per heavy atom. The lowest BCUT2D eigenvalue weighted by Crippen LogP contribution is -2.33. The first-order valence-corrected chi connectivity index (χ1v) is 13.2. The van der Waals surface area contributed by atoms with Gasteiger partial charge in [0.1, 0.15) is 10.9 Å². The van der Waals surface area contributed by atoms with E-state index in [1.54, 1.807) is 23.5 Å². The molecule has 2 heterocycles. The Morgan fingerprint density at radius 2 is 2.00 bits per heavy atom. The van der Waals surface area contributed by atoms with Crippen LogP contribution in [0.4, 0.5) is 5.69 Å². The molecule has 0 saturated carbocycles. The van der Waals surface area contributed by atoms with Crippen LogP contribution < -0.4 is 10.9 Å². The highest BCUT2D eigenvalue weighted by atomic mass is 32.2. The highest BCUT2D eigenvalue weighted by molar-refractivity contribution is 7.89. The molecule has 1 N–H and O–H groups in total. The lowest BCUT2D eigenvalue weighted by molar-refractivity contribution is -0.119. The molecule has 0 bridgehead atoms. The third-order valence-corrected chi connectivity index (χ3v) is 9.16. The first-order valence-electron chi connectivity index (χ1n) is 11.0. The number of fused-ring (bicyclic) bond motifs is 3. The lowest BCUT2D eigenvalue weighted by Gasteiger charge is -2.19. The number of hydrogen-bond donors (Lipinski definition) is 1. The van der Waals surface area contributed by atoms with Crippen LogP contribution >= 0.6 is 11.3 Å². The van der Waals surface area contributed by atoms with Gasteiger partial charge in [0.15, 0.2) is 0 Å². The molecule has 1 aromatic carbocycles. The van der Waals surface area contributed by atoms with Crippen molar-refractivity contribution in [1.82, 2.24) is 13.9 Å². The van der Waals surface area contributed by atoms with Gasteiger partial charge in [-0.3, -0.25) is 14.2 Å². The second kappa shape index (κ2) is 9.00. The van der Waals surface area contributed by atoms with Crippen molar-refractivity contribution in [3.63, 3.8) is 0 Å². The van der Waals surface area contributed by atoms with Crippen LogP contribution in [0.25, 0.3) is 10.2 Å². The van der Waals surface area contributed by atoms with Crippen molar-refractivity contribution in [3.05, 3.63) is 51.4 Å². The minimum atomic E-state index is -3.55. The predicted octanol–water partition coefficient (Wildman–Crippen LogP) is 3.42. The SMILES string of the molecule is CCC(C(=O)Nc1ccc(S(=O)(=O)N(C)C)cc1)n1cnc2sc3c(c2c1=O)CCC(C)C3. The molecule has 10 heteroatoms. The number of hydrogen-bond acceptors (Lipinski definition) is 6. The van der Waals surface area contributed by atoms with E-state index in [-0.39, 0.29) is 16.4 Å². The van der Waals surface area contributed by atoms with E-state index >= 15 is 0 Å². The zero-order valence-corrected chi connectivity index (χ0v) is 20.8. The average molecular weight is 489 g/mol. The fourth-order valence-corrected chi connectivity index (χ4v) is 6.46. The van der Waals surface area contributed by atoms with Crippen LogP contribution in [0.3, 0.4) is 0 Å². The minimum absolute atomic E-state index is 0.139. The monoisotopic (exact) mass is 488 g/mol. The predicted molar refractivity (Wildman–Crippen MR) is 130 cm³/mol. The topological polar surface area (TPSA) is 101 Å². The molecule has 2 aromatic heterocycles. The average Bonchev–Trinajstić information content (AvgIpc) is 3.14. The molecule has 4 rings (SSSR count). The maximum Gasteiger partial charge on any atom is 0.263 e. The fraction of sp³-hybridized carbons (Fsp3) is 0.435. The smallest absolute Gasteiger partial charge is 0.263 e. The zero-order chi connectivity index (χ0) is 23.9. The van der Waals surface area contributed by atoms with Gasteiger partial charge in [0, 0.05) is 24.7 Å². The van der Waals surface area contributed by atoms with Gasteiger partial charge in [-0.05, 0) is 61.4 Å². The molecule has 0 spiro atoms. The maximum atomic E-state index is 13.4. The zero-order valence-electron chi connectivity index (χ0n) is 19.2. The number of sulfonamides is 1. The summed E-state index contributed by atoms with van der Waals surface area (Å²) >= 11 is 1.58. The molecule has 3 aromatic rings. The second-order valence-corrected chi connectivity index (χ2v) is 11.9. The summed E-state index contributed by atoms with van der Waals surface area (Å²) in [4.78, 5) is 33.1. The molecule has 2 unspecified atom stereocenters. The Bertz CT molecular complexity index is 1360. The largest absolute Gasteiger partial charge is 0.324 e. The van der Waals surface area contributed by atoms with Crippen molar-refractivity contribution in [1.29, 1.82) is 0 Å². The molecule has 0 saturated heterocycles. The van der Waals surface area contributed by atoms with Crippen LogP contribution in [-0.4, -0.2) is 42.3 Å². The minimum Gasteiger partial charge on any atom is -0.324 e. The molecule has 176 valence electrons. The van der Waals surface area contributed by atoms with Gasteiger partial charge >= 0.3 is 0 Å². The van der Waals surface area contributed by atoms with Crippen molar-refractivity contribution in [2.24, 2.45) is 5.92 Å². The van der Waals surface area contributed by atoms with Gasteiger partial charge in [0.2, 0.25) is 15.9 Å². The number of amides is 1. The molecular weight excluding hydrogens is 460 g/mol. The lowest BCUT2D eigenvalue weighted by atomic mass is 9.89. The third kappa shape index (κ3) is 4.34. The van der Waals surface area contributed by atoms with Gasteiger partial charge in [-0.15, -0.1) is 11.3 Å². The second-order valence-electron chi connectivity index (χ2n) is 8.71. The summed E-state index contributed by atoms with van der Waals surface area (Å²) in [6, 6.07) is 5.26. The molecular formula is C23H28N4O4S2. The number of aryl methyl sites for hydroxylation is 1. The molecule has 2 atom stereocenters. The Labute approximate surface area is 197 Å². The first kappa shape index (κ1) is 23.6. The number of nitrogens with one attached hydrogen (secondary N) is 1. The van der Waals surface area contributed by atoms with Crippen LogP contribution in [0.2, 0.25) is 0 Å². The summed E-state index contributed by atoms with van der Waals surface area (Å²) in [5, 5.41) is 3.45. The number of aromatic nitrogens is 2. The van der Waals surface area contributed by atoms with Crippen LogP contribution in [0.5, 0.6) is 0 Å². The highest BCUT2D eigenvalue weighted by Gasteiger charge is 2.26. The van der Waals surface area contributed by atoms with Crippen molar-refractivity contribution in [3.8, 4) is 0 Å². The maximum absolute atomic E-state index is 13.4. The number of benzene rings is 1. The molecule has 33 heavy (non-hydrogen) atoms. The van der Waals surface area contributed by atoms with E-state index in [0.717, 1.165) is 34.0 Å². The summed E-state index contributed by atoms with van der Waals surface area (Å²) in [7, 11) is -0.624. The van der Waals surface area contributed by atoms with Gasteiger partial charge in [-0.2, -0.15) is 0 Å². The normalized spacial score (nSPS) is 17.2. The number of carbonyl (C=O) groups excluding carboxylic acids is 1. The standard InChI is InChI=1S/C23H28N4O4S2/c1-5-18(21(28)25-15-7-9-16(10-8-15)33(30,31)26(3)4)27-13-24-22-20(23(27)29)17-11-6-14(2)12-19(17)32-22/h7-10,13-14,18H,5-6,11-12H2,1-4H3,(H,25,28). The van der Waals surface area contributed by atoms with Gasteiger partial charge in [-0.25, -0.2) is 17.7 Å². The van der Waals surface area contributed by atoms with Crippen LogP contribution in [0, 0.1) is 5.92 Å². The van der Waals surface area contributed by atoms with E-state index in [9.17, 15) is 18.0 Å². The van der Waals surface area contributed by atoms with Crippen molar-refractivity contribution in [2.75, 3.05) is 19.4 Å². The van der Waals surface area contributed by atoms with E-state index in [1.165, 1.54) is 42.0 Å². The molecule has 1 aliphatic carbocycles. The van der Waals surface area contributed by atoms with Crippen molar-refractivity contribution >= 4 is 43.2 Å². The summed E-state index contributed by atoms with van der Waals surface area (Å²) < 4.78 is 27.0. The van der Waals surface area contributed by atoms with Crippen molar-refractivity contribution in [2.45, 2.75) is 50.5 Å². The molecule has 1 amide bonds. The van der Waals surface area contributed by atoms with E-state index in [1.807, 2.05) is 6.92 Å².